The van der Waals surface area contributed by atoms with Crippen molar-refractivity contribution in [2.24, 2.45) is 5.92 Å². The van der Waals surface area contributed by atoms with Gasteiger partial charge >= 0.3 is 5.97 Å². The van der Waals surface area contributed by atoms with E-state index >= 15 is 0 Å². The van der Waals surface area contributed by atoms with Crippen molar-refractivity contribution in [1.29, 1.82) is 0 Å². The van der Waals surface area contributed by atoms with Gasteiger partial charge in [0.2, 0.25) is 5.91 Å². The van der Waals surface area contributed by atoms with Crippen molar-refractivity contribution >= 4 is 11.9 Å². The first-order valence-electron chi connectivity index (χ1n) is 3.19. The highest BCUT2D eigenvalue weighted by Gasteiger charge is 2.24. The Hall–Kier alpha value is -1.06. The van der Waals surface area contributed by atoms with Gasteiger partial charge in [0.25, 0.3) is 0 Å². The third-order valence-corrected chi connectivity index (χ3v) is 1.60. The Morgan fingerprint density at radius 3 is 2.80 bits per heavy atom. The van der Waals surface area contributed by atoms with Crippen molar-refractivity contribution in [3.05, 3.63) is 0 Å². The maximum Gasteiger partial charge on any atom is 0.307 e. The van der Waals surface area contributed by atoms with Gasteiger partial charge < -0.3 is 10.4 Å². The average molecular weight is 143 g/mol. The molecule has 56 valence electrons. The molecule has 1 aliphatic rings. The minimum atomic E-state index is -0.866. The van der Waals surface area contributed by atoms with Gasteiger partial charge in [-0.05, 0) is 6.42 Å². The number of carbonyl (C=O) groups excluding carboxylic acids is 1. The fraction of sp³-hybridized carbons (Fsp3) is 0.667. The van der Waals surface area contributed by atoms with Crippen LogP contribution in [-0.4, -0.2) is 23.5 Å². The third-order valence-electron chi connectivity index (χ3n) is 1.60. The zero-order valence-electron chi connectivity index (χ0n) is 5.46. The number of carbonyl (C=O) groups is 2. The summed E-state index contributed by atoms with van der Waals surface area (Å²) in [6.07, 6.45) is 0.691. The quantitative estimate of drug-likeness (QED) is 0.524. The summed E-state index contributed by atoms with van der Waals surface area (Å²) in [6, 6.07) is 0. The van der Waals surface area contributed by atoms with Crippen LogP contribution >= 0.6 is 0 Å². The van der Waals surface area contributed by atoms with E-state index in [1.807, 2.05) is 0 Å². The number of nitrogens with one attached hydrogen (secondary N) is 1. The highest BCUT2D eigenvalue weighted by Crippen LogP contribution is 2.11. The summed E-state index contributed by atoms with van der Waals surface area (Å²) in [4.78, 5) is 20.9. The molecule has 1 fully saturated rings. The largest absolute Gasteiger partial charge is 0.481 e. The Bertz CT molecular complexity index is 164. The second-order valence-electron chi connectivity index (χ2n) is 2.38. The molecule has 1 aliphatic heterocycles. The number of aliphatic carboxylic acids is 1. The minimum absolute atomic E-state index is 0.134. The average Bonchev–Trinajstić information content (AvgIpc) is 1.88. The molecule has 1 amide bonds. The molecule has 0 bridgehead atoms. The zero-order chi connectivity index (χ0) is 7.56. The molecular weight excluding hydrogens is 134 g/mol. The van der Waals surface area contributed by atoms with E-state index in [1.165, 1.54) is 0 Å². The van der Waals surface area contributed by atoms with Crippen LogP contribution in [0.4, 0.5) is 0 Å². The van der Waals surface area contributed by atoms with Crippen LogP contribution in [-0.2, 0) is 9.59 Å². The standard InChI is InChI=1S/C6H9NO3/c8-5-3-4(6(9)10)1-2-7-5/h4H,1-3H2,(H,7,8)(H,9,10). The molecular formula is C6H9NO3. The van der Waals surface area contributed by atoms with Gasteiger partial charge in [-0.3, -0.25) is 9.59 Å². The summed E-state index contributed by atoms with van der Waals surface area (Å²) in [5, 5.41) is 11.0. The molecule has 0 aromatic heterocycles. The number of hydrogen-bond acceptors (Lipinski definition) is 2. The third kappa shape index (κ3) is 1.46. The van der Waals surface area contributed by atoms with E-state index in [4.69, 9.17) is 5.11 Å². The molecule has 2 N–H and O–H groups in total. The van der Waals surface area contributed by atoms with Gasteiger partial charge in [-0.1, -0.05) is 0 Å². The fourth-order valence-corrected chi connectivity index (χ4v) is 0.995. The number of carboxylic acids is 1. The Labute approximate surface area is 58.2 Å². The molecule has 1 atom stereocenters. The number of hydrogen-bond donors (Lipinski definition) is 2. The molecule has 0 spiro atoms. The van der Waals surface area contributed by atoms with Crippen LogP contribution in [0.25, 0.3) is 0 Å². The predicted molar refractivity (Wildman–Crippen MR) is 33.4 cm³/mol. The van der Waals surface area contributed by atoms with Crippen molar-refractivity contribution in [2.75, 3.05) is 6.54 Å². The lowest BCUT2D eigenvalue weighted by Gasteiger charge is -2.17. The van der Waals surface area contributed by atoms with E-state index in [1.54, 1.807) is 0 Å². The van der Waals surface area contributed by atoms with Crippen LogP contribution in [0.1, 0.15) is 12.8 Å². The van der Waals surface area contributed by atoms with Crippen LogP contribution < -0.4 is 5.32 Å². The predicted octanol–water partition coefficient (Wildman–Crippen LogP) is -0.403. The number of carboxylic acid groups (broad SMARTS) is 1. The van der Waals surface area contributed by atoms with Gasteiger partial charge in [-0.2, -0.15) is 0 Å². The van der Waals surface area contributed by atoms with E-state index in [9.17, 15) is 9.59 Å². The van der Waals surface area contributed by atoms with Crippen LogP contribution in [0.15, 0.2) is 0 Å². The maximum atomic E-state index is 10.6. The molecule has 0 aliphatic carbocycles. The Balaban J connectivity index is 2.47. The van der Waals surface area contributed by atoms with Crippen LogP contribution in [0.5, 0.6) is 0 Å². The molecule has 10 heavy (non-hydrogen) atoms. The van der Waals surface area contributed by atoms with Crippen molar-refractivity contribution in [3.8, 4) is 0 Å². The van der Waals surface area contributed by atoms with Crippen molar-refractivity contribution in [3.63, 3.8) is 0 Å². The highest BCUT2D eigenvalue weighted by molar-refractivity contribution is 5.83. The number of rotatable bonds is 1. The molecule has 0 aromatic rings. The van der Waals surface area contributed by atoms with E-state index in [-0.39, 0.29) is 12.3 Å². The van der Waals surface area contributed by atoms with Gasteiger partial charge in [0.1, 0.15) is 0 Å². The molecule has 0 radical (unpaired) electrons. The highest BCUT2D eigenvalue weighted by atomic mass is 16.4. The van der Waals surface area contributed by atoms with Gasteiger partial charge in [-0.25, -0.2) is 0 Å². The van der Waals surface area contributed by atoms with E-state index in [0.29, 0.717) is 13.0 Å². The van der Waals surface area contributed by atoms with Gasteiger partial charge in [0.05, 0.1) is 5.92 Å². The SMILES string of the molecule is O=C1CC(C(=O)O)CCN1. The summed E-state index contributed by atoms with van der Waals surface area (Å²) < 4.78 is 0. The summed E-state index contributed by atoms with van der Waals surface area (Å²) in [5.41, 5.74) is 0. The van der Waals surface area contributed by atoms with E-state index in [2.05, 4.69) is 5.32 Å². The Kier molecular flexibility index (Phi) is 1.89. The Morgan fingerprint density at radius 1 is 1.70 bits per heavy atom. The molecule has 1 heterocycles. The Morgan fingerprint density at radius 2 is 2.40 bits per heavy atom. The van der Waals surface area contributed by atoms with Crippen LogP contribution in [0.3, 0.4) is 0 Å². The molecule has 0 aromatic carbocycles. The fourth-order valence-electron chi connectivity index (χ4n) is 0.995. The lowest BCUT2D eigenvalue weighted by atomic mass is 9.98. The second kappa shape index (κ2) is 2.68. The second-order valence-corrected chi connectivity index (χ2v) is 2.38. The first-order chi connectivity index (χ1) is 4.70. The molecule has 1 rings (SSSR count). The summed E-state index contributed by atoms with van der Waals surface area (Å²) >= 11 is 0. The summed E-state index contributed by atoms with van der Waals surface area (Å²) in [5.74, 6) is -1.48. The van der Waals surface area contributed by atoms with E-state index < -0.39 is 11.9 Å². The summed E-state index contributed by atoms with van der Waals surface area (Å²) in [7, 11) is 0. The normalized spacial score (nSPS) is 25.6. The van der Waals surface area contributed by atoms with Gasteiger partial charge in [0.15, 0.2) is 0 Å². The zero-order valence-corrected chi connectivity index (χ0v) is 5.46. The molecule has 1 saturated heterocycles. The minimum Gasteiger partial charge on any atom is -0.481 e. The van der Waals surface area contributed by atoms with Crippen LogP contribution in [0.2, 0.25) is 0 Å². The molecule has 4 nitrogen and oxygen atoms in total. The maximum absolute atomic E-state index is 10.6. The van der Waals surface area contributed by atoms with Crippen molar-refractivity contribution in [2.45, 2.75) is 12.8 Å². The van der Waals surface area contributed by atoms with Crippen molar-refractivity contribution in [1.82, 2.24) is 5.32 Å². The topological polar surface area (TPSA) is 66.4 Å². The number of amides is 1. The van der Waals surface area contributed by atoms with Gasteiger partial charge in [0, 0.05) is 13.0 Å². The van der Waals surface area contributed by atoms with Crippen molar-refractivity contribution < 1.29 is 14.7 Å². The molecule has 1 unspecified atom stereocenters. The van der Waals surface area contributed by atoms with E-state index in [0.717, 1.165) is 0 Å². The molecule has 4 heteroatoms. The molecule has 0 saturated carbocycles. The smallest absolute Gasteiger partial charge is 0.307 e. The summed E-state index contributed by atoms with van der Waals surface area (Å²) in [6.45, 7) is 0.496. The lowest BCUT2D eigenvalue weighted by molar-refractivity contribution is -0.145. The number of piperidine rings is 1. The van der Waals surface area contributed by atoms with Crippen LogP contribution in [0, 0.1) is 5.92 Å². The van der Waals surface area contributed by atoms with Gasteiger partial charge in [-0.15, -0.1) is 0 Å². The monoisotopic (exact) mass is 143 g/mol. The first-order valence-corrected chi connectivity index (χ1v) is 3.19. The lowest BCUT2D eigenvalue weighted by Crippen LogP contribution is -2.36. The first kappa shape index (κ1) is 7.05.